The fourth-order valence-electron chi connectivity index (χ4n) is 6.38. The van der Waals surface area contributed by atoms with Crippen LogP contribution in [-0.4, -0.2) is 34.6 Å². The van der Waals surface area contributed by atoms with Gasteiger partial charge in [-0.05, 0) is 37.5 Å². The van der Waals surface area contributed by atoms with Crippen molar-refractivity contribution < 1.29 is 14.8 Å². The van der Waals surface area contributed by atoms with E-state index in [1.165, 1.54) is 0 Å². The lowest BCUT2D eigenvalue weighted by molar-refractivity contribution is -0.146. The van der Waals surface area contributed by atoms with Gasteiger partial charge in [0, 0.05) is 42.3 Å². The number of Topliss-reactive ketones (excluding diaryl/α,β-unsaturated/α-hetero) is 1. The molecule has 0 aromatic rings. The molecule has 5 nitrogen and oxygen atoms in total. The molecule has 0 radical (unpaired) electrons. The number of piperidine rings is 1. The van der Waals surface area contributed by atoms with E-state index in [9.17, 15) is 14.8 Å². The Morgan fingerprint density at radius 3 is 2.71 bits per heavy atom. The Morgan fingerprint density at radius 1 is 1.25 bits per heavy atom. The number of likely N-dealkylation sites (tertiary alicyclic amines) is 1. The lowest BCUT2D eigenvalue weighted by atomic mass is 9.49. The SMILES string of the molecule is CN1C(=O)CC[C@@]2(C)C1=CCC1C2C(=O)C[C@]2(C)/C(=N\O)CCC12. The van der Waals surface area contributed by atoms with Gasteiger partial charge in [0.1, 0.15) is 5.78 Å². The van der Waals surface area contributed by atoms with E-state index < -0.39 is 0 Å². The van der Waals surface area contributed by atoms with Crippen LogP contribution in [-0.2, 0) is 9.59 Å². The summed E-state index contributed by atoms with van der Waals surface area (Å²) in [6.07, 6.45) is 6.59. The highest BCUT2D eigenvalue weighted by Crippen LogP contribution is 2.62. The first kappa shape index (κ1) is 15.9. The van der Waals surface area contributed by atoms with E-state index in [1.54, 1.807) is 4.90 Å². The predicted molar refractivity (Wildman–Crippen MR) is 89.5 cm³/mol. The molecule has 0 bridgehead atoms. The van der Waals surface area contributed by atoms with Gasteiger partial charge in [-0.1, -0.05) is 25.1 Å². The van der Waals surface area contributed by atoms with Gasteiger partial charge in [0.25, 0.3) is 0 Å². The number of ketones is 1. The van der Waals surface area contributed by atoms with E-state index in [4.69, 9.17) is 0 Å². The molecular weight excluding hydrogens is 304 g/mol. The van der Waals surface area contributed by atoms with Crippen LogP contribution in [0.25, 0.3) is 0 Å². The molecule has 0 aromatic carbocycles. The molecule has 3 aliphatic carbocycles. The number of amides is 1. The third kappa shape index (κ3) is 1.78. The van der Waals surface area contributed by atoms with E-state index in [-0.39, 0.29) is 28.4 Å². The normalized spacial score (nSPS) is 46.5. The Balaban J connectivity index is 1.78. The maximum Gasteiger partial charge on any atom is 0.226 e. The van der Waals surface area contributed by atoms with Crippen molar-refractivity contribution in [3.63, 3.8) is 0 Å². The number of carbonyl (C=O) groups excluding carboxylic acids is 2. The summed E-state index contributed by atoms with van der Waals surface area (Å²) >= 11 is 0. The first-order valence-electron chi connectivity index (χ1n) is 9.04. The monoisotopic (exact) mass is 330 g/mol. The summed E-state index contributed by atoms with van der Waals surface area (Å²) in [6.45, 7) is 4.28. The maximum absolute atomic E-state index is 13.2. The van der Waals surface area contributed by atoms with Gasteiger partial charge < -0.3 is 10.1 Å². The highest BCUT2D eigenvalue weighted by molar-refractivity contribution is 5.98. The molecule has 5 heteroatoms. The fraction of sp³-hybridized carbons (Fsp3) is 0.737. The predicted octanol–water partition coefficient (Wildman–Crippen LogP) is 2.98. The lowest BCUT2D eigenvalue weighted by Gasteiger charge is -2.56. The molecule has 4 rings (SSSR count). The second kappa shape index (κ2) is 4.93. The molecule has 130 valence electrons. The highest BCUT2D eigenvalue weighted by atomic mass is 16.4. The van der Waals surface area contributed by atoms with Crippen molar-refractivity contribution in [2.24, 2.45) is 33.7 Å². The van der Waals surface area contributed by atoms with Gasteiger partial charge in [-0.3, -0.25) is 9.59 Å². The zero-order valence-corrected chi connectivity index (χ0v) is 14.7. The summed E-state index contributed by atoms with van der Waals surface area (Å²) in [7, 11) is 1.84. The van der Waals surface area contributed by atoms with Crippen LogP contribution in [0.15, 0.2) is 16.9 Å². The number of oxime groups is 1. The Hall–Kier alpha value is -1.65. The molecule has 0 aromatic heterocycles. The second-order valence-corrected chi connectivity index (χ2v) is 8.59. The fourth-order valence-corrected chi connectivity index (χ4v) is 6.38. The van der Waals surface area contributed by atoms with Gasteiger partial charge in [0.15, 0.2) is 0 Å². The Bertz CT molecular complexity index is 682. The third-order valence-electron chi connectivity index (χ3n) is 7.57. The maximum atomic E-state index is 13.2. The van der Waals surface area contributed by atoms with Crippen molar-refractivity contribution in [1.82, 2.24) is 4.90 Å². The summed E-state index contributed by atoms with van der Waals surface area (Å²) in [5.41, 5.74) is 1.33. The van der Waals surface area contributed by atoms with Gasteiger partial charge in [0.2, 0.25) is 5.91 Å². The quantitative estimate of drug-likeness (QED) is 0.548. The summed E-state index contributed by atoms with van der Waals surface area (Å²) in [4.78, 5) is 27.1. The summed E-state index contributed by atoms with van der Waals surface area (Å²) in [6, 6.07) is 0. The minimum atomic E-state index is -0.287. The molecule has 4 aliphatic rings. The molecule has 0 spiro atoms. The average Bonchev–Trinajstić information content (AvgIpc) is 2.86. The minimum Gasteiger partial charge on any atom is -0.411 e. The van der Waals surface area contributed by atoms with Crippen molar-refractivity contribution in [2.45, 2.75) is 52.4 Å². The van der Waals surface area contributed by atoms with Crippen molar-refractivity contribution in [2.75, 3.05) is 7.05 Å². The molecule has 2 saturated carbocycles. The number of nitrogens with zero attached hydrogens (tertiary/aromatic N) is 2. The molecule has 3 unspecified atom stereocenters. The van der Waals surface area contributed by atoms with E-state index in [1.807, 2.05) is 7.05 Å². The number of rotatable bonds is 0. The zero-order valence-electron chi connectivity index (χ0n) is 14.7. The number of hydrogen-bond acceptors (Lipinski definition) is 4. The van der Waals surface area contributed by atoms with Gasteiger partial charge in [-0.15, -0.1) is 0 Å². The van der Waals surface area contributed by atoms with Crippen molar-refractivity contribution >= 4 is 17.4 Å². The standard InChI is InChI=1S/C19H26N2O3/c1-18-9-8-16(23)21(3)15(18)7-4-11-12-5-6-14(20-24)19(12,2)10-13(22)17(11)18/h7,11-12,17,24H,4-6,8-10H2,1-3H3/b20-14-/t11?,12?,17?,18-,19-/m0/s1. The molecular formula is C19H26N2O3. The molecule has 1 aliphatic heterocycles. The van der Waals surface area contributed by atoms with E-state index in [0.717, 1.165) is 37.1 Å². The number of fused-ring (bicyclic) bond motifs is 5. The van der Waals surface area contributed by atoms with Gasteiger partial charge >= 0.3 is 0 Å². The zero-order chi connectivity index (χ0) is 17.3. The van der Waals surface area contributed by atoms with Crippen LogP contribution in [0.5, 0.6) is 0 Å². The van der Waals surface area contributed by atoms with Crippen LogP contribution in [0.2, 0.25) is 0 Å². The molecule has 5 atom stereocenters. The van der Waals surface area contributed by atoms with Crippen molar-refractivity contribution in [1.29, 1.82) is 0 Å². The van der Waals surface area contributed by atoms with Crippen LogP contribution in [0.1, 0.15) is 52.4 Å². The number of hydrogen-bond donors (Lipinski definition) is 1. The smallest absolute Gasteiger partial charge is 0.226 e. The van der Waals surface area contributed by atoms with Crippen LogP contribution in [0.4, 0.5) is 0 Å². The van der Waals surface area contributed by atoms with Gasteiger partial charge in [-0.2, -0.15) is 0 Å². The minimum absolute atomic E-state index is 0.0100. The molecule has 1 heterocycles. The number of carbonyl (C=O) groups is 2. The Labute approximate surface area is 142 Å². The second-order valence-electron chi connectivity index (χ2n) is 8.59. The highest BCUT2D eigenvalue weighted by Gasteiger charge is 2.62. The average molecular weight is 330 g/mol. The largest absolute Gasteiger partial charge is 0.411 e. The van der Waals surface area contributed by atoms with Crippen LogP contribution in [0.3, 0.4) is 0 Å². The summed E-state index contributed by atoms with van der Waals surface area (Å²) in [5.74, 6) is 1.12. The van der Waals surface area contributed by atoms with Gasteiger partial charge in [-0.25, -0.2) is 0 Å². The molecule has 3 fully saturated rings. The van der Waals surface area contributed by atoms with Crippen molar-refractivity contribution in [3.05, 3.63) is 11.8 Å². The molecule has 1 saturated heterocycles. The van der Waals surface area contributed by atoms with Crippen LogP contribution in [0, 0.1) is 28.6 Å². The topological polar surface area (TPSA) is 70.0 Å². The van der Waals surface area contributed by atoms with Crippen LogP contribution >= 0.6 is 0 Å². The lowest BCUT2D eigenvalue weighted by Crippen LogP contribution is -2.57. The van der Waals surface area contributed by atoms with Crippen molar-refractivity contribution in [3.8, 4) is 0 Å². The van der Waals surface area contributed by atoms with Crippen LogP contribution < -0.4 is 0 Å². The molecule has 1 N–H and O–H groups in total. The third-order valence-corrected chi connectivity index (χ3v) is 7.57. The first-order chi connectivity index (χ1) is 11.3. The molecule has 24 heavy (non-hydrogen) atoms. The van der Waals surface area contributed by atoms with E-state index in [0.29, 0.717) is 24.7 Å². The summed E-state index contributed by atoms with van der Waals surface area (Å²) < 4.78 is 0. The molecule has 1 amide bonds. The van der Waals surface area contributed by atoms with Gasteiger partial charge in [0.05, 0.1) is 5.71 Å². The Morgan fingerprint density at radius 2 is 2.00 bits per heavy atom. The van der Waals surface area contributed by atoms with E-state index >= 15 is 0 Å². The first-order valence-corrected chi connectivity index (χ1v) is 9.04. The van der Waals surface area contributed by atoms with E-state index in [2.05, 4.69) is 25.1 Å². The Kier molecular flexibility index (Phi) is 3.26. The summed E-state index contributed by atoms with van der Waals surface area (Å²) in [5, 5.41) is 12.9. The number of allylic oxidation sites excluding steroid dienone is 2.